The van der Waals surface area contributed by atoms with E-state index in [4.69, 9.17) is 4.74 Å². The van der Waals surface area contributed by atoms with E-state index >= 15 is 0 Å². The molecule has 2 rings (SSSR count). The van der Waals surface area contributed by atoms with Gasteiger partial charge in [-0.2, -0.15) is 0 Å². The maximum atomic E-state index is 10.8. The molecule has 62 valence electrons. The fourth-order valence-corrected chi connectivity index (χ4v) is 2.11. The van der Waals surface area contributed by atoms with Crippen molar-refractivity contribution in [2.75, 3.05) is 0 Å². The van der Waals surface area contributed by atoms with Crippen LogP contribution in [0.25, 0.3) is 0 Å². The van der Waals surface area contributed by atoms with E-state index in [1.165, 1.54) is 0 Å². The Bertz CT molecular complexity index is 190. The predicted octanol–water partition coefficient (Wildman–Crippen LogP) is 0.319. The number of ether oxygens (including phenoxy) is 1. The maximum absolute atomic E-state index is 10.8. The first kappa shape index (κ1) is 7.10. The molecule has 0 spiro atoms. The third-order valence-corrected chi connectivity index (χ3v) is 2.92. The van der Waals surface area contributed by atoms with Crippen molar-refractivity contribution < 1.29 is 14.6 Å². The van der Waals surface area contributed by atoms with E-state index in [-0.39, 0.29) is 30.0 Å². The van der Waals surface area contributed by atoms with Crippen LogP contribution in [-0.4, -0.2) is 23.3 Å². The first-order chi connectivity index (χ1) is 5.18. The first-order valence-corrected chi connectivity index (χ1v) is 4.06. The standard InChI is InChI=1S/C8H12O3/c1-4-5-2-8(10)11-7(5)3-6(4)9/h4-7,9H,2-3H2,1H3. The van der Waals surface area contributed by atoms with E-state index < -0.39 is 0 Å². The van der Waals surface area contributed by atoms with E-state index in [2.05, 4.69) is 0 Å². The molecule has 1 heterocycles. The van der Waals surface area contributed by atoms with Crippen LogP contribution in [0.4, 0.5) is 0 Å². The molecule has 0 radical (unpaired) electrons. The van der Waals surface area contributed by atoms with Gasteiger partial charge in [0, 0.05) is 12.3 Å². The van der Waals surface area contributed by atoms with E-state index in [1.807, 2.05) is 6.92 Å². The summed E-state index contributed by atoms with van der Waals surface area (Å²) in [5.41, 5.74) is 0. The molecule has 1 aliphatic carbocycles. The van der Waals surface area contributed by atoms with Crippen LogP contribution < -0.4 is 0 Å². The summed E-state index contributed by atoms with van der Waals surface area (Å²) in [5.74, 6) is 0.405. The van der Waals surface area contributed by atoms with Gasteiger partial charge in [0.1, 0.15) is 6.10 Å². The van der Waals surface area contributed by atoms with Crippen LogP contribution in [-0.2, 0) is 9.53 Å². The minimum absolute atomic E-state index is 0.00694. The van der Waals surface area contributed by atoms with Crippen molar-refractivity contribution in [3.8, 4) is 0 Å². The number of carbonyl (C=O) groups is 1. The Labute approximate surface area is 65.4 Å². The second-order valence-corrected chi connectivity index (χ2v) is 3.56. The zero-order valence-corrected chi connectivity index (χ0v) is 6.49. The van der Waals surface area contributed by atoms with Crippen LogP contribution >= 0.6 is 0 Å². The summed E-state index contributed by atoms with van der Waals surface area (Å²) in [6.45, 7) is 1.98. The second-order valence-electron chi connectivity index (χ2n) is 3.56. The SMILES string of the molecule is CC1C(O)CC2OC(=O)CC21. The van der Waals surface area contributed by atoms with Gasteiger partial charge in [0.15, 0.2) is 0 Å². The molecule has 11 heavy (non-hydrogen) atoms. The largest absolute Gasteiger partial charge is 0.462 e. The summed E-state index contributed by atoms with van der Waals surface area (Å²) >= 11 is 0. The fourth-order valence-electron chi connectivity index (χ4n) is 2.11. The zero-order chi connectivity index (χ0) is 8.01. The number of carbonyl (C=O) groups excluding carboxylic acids is 1. The second kappa shape index (κ2) is 2.21. The Kier molecular flexibility index (Phi) is 1.42. The quantitative estimate of drug-likeness (QED) is 0.514. The lowest BCUT2D eigenvalue weighted by Crippen LogP contribution is -2.15. The molecule has 0 bridgehead atoms. The highest BCUT2D eigenvalue weighted by atomic mass is 16.6. The van der Waals surface area contributed by atoms with Crippen LogP contribution in [0.1, 0.15) is 19.8 Å². The lowest BCUT2D eigenvalue weighted by Gasteiger charge is -2.11. The molecule has 2 aliphatic rings. The highest BCUT2D eigenvalue weighted by molar-refractivity contribution is 5.72. The van der Waals surface area contributed by atoms with Crippen molar-refractivity contribution >= 4 is 5.97 Å². The summed E-state index contributed by atoms with van der Waals surface area (Å²) in [6.07, 6.45) is 0.881. The van der Waals surface area contributed by atoms with Gasteiger partial charge in [-0.15, -0.1) is 0 Å². The highest BCUT2D eigenvalue weighted by Crippen LogP contribution is 2.40. The van der Waals surface area contributed by atoms with Crippen molar-refractivity contribution in [3.05, 3.63) is 0 Å². The normalized spacial score (nSPS) is 49.1. The zero-order valence-electron chi connectivity index (χ0n) is 6.49. The summed E-state index contributed by atoms with van der Waals surface area (Å²) < 4.78 is 5.03. The van der Waals surface area contributed by atoms with Crippen LogP contribution in [0.15, 0.2) is 0 Å². The van der Waals surface area contributed by atoms with E-state index in [1.54, 1.807) is 0 Å². The molecule has 3 heteroatoms. The Morgan fingerprint density at radius 1 is 1.64 bits per heavy atom. The average molecular weight is 156 g/mol. The molecule has 1 aliphatic heterocycles. The molecule has 3 nitrogen and oxygen atoms in total. The third-order valence-electron chi connectivity index (χ3n) is 2.92. The third kappa shape index (κ3) is 0.948. The molecule has 0 aromatic heterocycles. The van der Waals surface area contributed by atoms with Crippen LogP contribution in [0.2, 0.25) is 0 Å². The molecular formula is C8H12O3. The van der Waals surface area contributed by atoms with Crippen molar-refractivity contribution in [1.29, 1.82) is 0 Å². The van der Waals surface area contributed by atoms with Gasteiger partial charge in [0.2, 0.25) is 0 Å². The number of aliphatic hydroxyl groups is 1. The van der Waals surface area contributed by atoms with Crippen molar-refractivity contribution in [3.63, 3.8) is 0 Å². The molecule has 0 amide bonds. The lowest BCUT2D eigenvalue weighted by atomic mass is 9.94. The van der Waals surface area contributed by atoms with Gasteiger partial charge in [0.25, 0.3) is 0 Å². The molecule has 4 atom stereocenters. The number of rotatable bonds is 0. The van der Waals surface area contributed by atoms with Crippen molar-refractivity contribution in [2.45, 2.75) is 32.0 Å². The number of hydrogen-bond acceptors (Lipinski definition) is 3. The maximum Gasteiger partial charge on any atom is 0.306 e. The smallest absolute Gasteiger partial charge is 0.306 e. The van der Waals surface area contributed by atoms with E-state index in [9.17, 15) is 9.90 Å². The molecule has 0 aromatic carbocycles. The molecule has 0 aromatic rings. The minimum atomic E-state index is -0.266. The Hall–Kier alpha value is -0.570. The predicted molar refractivity (Wildman–Crippen MR) is 37.8 cm³/mol. The molecule has 1 N–H and O–H groups in total. The molecular weight excluding hydrogens is 144 g/mol. The van der Waals surface area contributed by atoms with Crippen LogP contribution in [0, 0.1) is 11.8 Å². The summed E-state index contributed by atoms with van der Waals surface area (Å²) in [4.78, 5) is 10.8. The van der Waals surface area contributed by atoms with Crippen molar-refractivity contribution in [2.24, 2.45) is 11.8 Å². The van der Waals surface area contributed by atoms with Gasteiger partial charge >= 0.3 is 5.97 Å². The van der Waals surface area contributed by atoms with E-state index in [0.717, 1.165) is 0 Å². The van der Waals surface area contributed by atoms with Crippen LogP contribution in [0.3, 0.4) is 0 Å². The first-order valence-electron chi connectivity index (χ1n) is 4.06. The van der Waals surface area contributed by atoms with Crippen LogP contribution in [0.5, 0.6) is 0 Å². The fraction of sp³-hybridized carbons (Fsp3) is 0.875. The van der Waals surface area contributed by atoms with Gasteiger partial charge in [0.05, 0.1) is 12.5 Å². The monoisotopic (exact) mass is 156 g/mol. The van der Waals surface area contributed by atoms with Gasteiger partial charge in [-0.05, 0) is 5.92 Å². The molecule has 1 saturated carbocycles. The number of fused-ring (bicyclic) bond motifs is 1. The highest BCUT2D eigenvalue weighted by Gasteiger charge is 2.47. The molecule has 2 fully saturated rings. The Balaban J connectivity index is 2.13. The number of aliphatic hydroxyl groups excluding tert-OH is 1. The number of hydrogen-bond donors (Lipinski definition) is 1. The number of esters is 1. The summed E-state index contributed by atoms with van der Waals surface area (Å²) in [5, 5.41) is 9.40. The Morgan fingerprint density at radius 3 is 3.00 bits per heavy atom. The summed E-state index contributed by atoms with van der Waals surface area (Å²) in [6, 6.07) is 0. The Morgan fingerprint density at radius 2 is 2.36 bits per heavy atom. The molecule has 4 unspecified atom stereocenters. The lowest BCUT2D eigenvalue weighted by molar-refractivity contribution is -0.141. The topological polar surface area (TPSA) is 46.5 Å². The van der Waals surface area contributed by atoms with E-state index in [0.29, 0.717) is 12.8 Å². The van der Waals surface area contributed by atoms with Crippen molar-refractivity contribution in [1.82, 2.24) is 0 Å². The molecule has 1 saturated heterocycles. The van der Waals surface area contributed by atoms with Gasteiger partial charge in [-0.25, -0.2) is 0 Å². The average Bonchev–Trinajstić information content (AvgIpc) is 2.37. The van der Waals surface area contributed by atoms with Gasteiger partial charge in [-0.1, -0.05) is 6.92 Å². The van der Waals surface area contributed by atoms with Gasteiger partial charge < -0.3 is 9.84 Å². The summed E-state index contributed by atoms with van der Waals surface area (Å²) in [7, 11) is 0. The minimum Gasteiger partial charge on any atom is -0.462 e. The van der Waals surface area contributed by atoms with Gasteiger partial charge in [-0.3, -0.25) is 4.79 Å².